The van der Waals surface area contributed by atoms with Crippen molar-refractivity contribution in [2.75, 3.05) is 0 Å². The summed E-state index contributed by atoms with van der Waals surface area (Å²) in [6.45, 7) is 17.4. The first-order valence-electron chi connectivity index (χ1n) is 24.6. The number of rotatable bonds is 25. The molecule has 0 spiro atoms. The van der Waals surface area contributed by atoms with E-state index in [1.807, 2.05) is 13.8 Å². The number of carboxylic acid groups (broad SMARTS) is 2. The molecule has 4 N–H and O–H groups in total. The number of aryl methyl sites for hydroxylation is 6. The van der Waals surface area contributed by atoms with Gasteiger partial charge in [-0.15, -0.1) is 0 Å². The van der Waals surface area contributed by atoms with Crippen molar-refractivity contribution in [2.24, 2.45) is 9.98 Å². The molecule has 0 aromatic heterocycles. The van der Waals surface area contributed by atoms with E-state index in [0.29, 0.717) is 24.0 Å². The van der Waals surface area contributed by atoms with Gasteiger partial charge in [-0.05, 0) is 134 Å². The second kappa shape index (κ2) is 33.5. The van der Waals surface area contributed by atoms with Crippen LogP contribution >= 0.6 is 0 Å². The monoisotopic (exact) mass is 1010 g/mol. The van der Waals surface area contributed by atoms with Crippen LogP contribution in [0.3, 0.4) is 0 Å². The van der Waals surface area contributed by atoms with Gasteiger partial charge in [0.05, 0.1) is 34.7 Å². The van der Waals surface area contributed by atoms with Gasteiger partial charge in [0.1, 0.15) is 0 Å². The van der Waals surface area contributed by atoms with Crippen molar-refractivity contribution < 1.29 is 60.7 Å². The fourth-order valence-electron chi connectivity index (χ4n) is 7.95. The number of nitrogens with zero attached hydrogens (tertiary/aromatic N) is 2. The van der Waals surface area contributed by atoms with E-state index in [0.717, 1.165) is 69.2 Å². The first-order chi connectivity index (χ1) is 31.7. The Hall–Kier alpha value is -4.98. The fraction of sp³-hybridized carbons (Fsp3) is 0.500. The number of phenolic OH excluding ortho intramolecular Hbond substituents is 2. The Kier molecular flexibility index (Phi) is 30.0. The van der Waals surface area contributed by atoms with Crippen LogP contribution in [0.1, 0.15) is 199 Å². The number of carbonyl (C=O) groups is 2. The average Bonchev–Trinajstić information content (AvgIpc) is 3.28. The van der Waals surface area contributed by atoms with Crippen LogP contribution in [0.2, 0.25) is 0 Å². The van der Waals surface area contributed by atoms with E-state index < -0.39 is 34.9 Å². The van der Waals surface area contributed by atoms with Gasteiger partial charge >= 0.3 is 20.4 Å². The molecule has 4 aromatic carbocycles. The molecule has 4 aromatic rings. The molecule has 0 unspecified atom stereocenters. The molecule has 0 atom stereocenters. The van der Waals surface area contributed by atoms with Gasteiger partial charge in [0.15, 0.2) is 23.0 Å². The molecule has 0 heterocycles. The largest absolute Gasteiger partial charge is 2.00 e. The zero-order valence-corrected chi connectivity index (χ0v) is 43.1. The third-order valence-corrected chi connectivity index (χ3v) is 11.3. The van der Waals surface area contributed by atoms with Gasteiger partial charge in [-0.1, -0.05) is 144 Å². The van der Waals surface area contributed by atoms with Crippen molar-refractivity contribution in [1.82, 2.24) is 0 Å². The SMILES string of the molecule is CCCCCCC(=Nc1ccc(CCC)c(CCC)c1)C(CCCC)=Nc1ccc(CCC)c(CCC)c1.CCCc1ccc(O)c(O)c1C(=O)[O-].CCCc1ccc(O)c(O)c1C(=O)[O-].[Pd+2]. The summed E-state index contributed by atoms with van der Waals surface area (Å²) in [6, 6.07) is 19.3. The molecule has 10 nitrogen and oxygen atoms in total. The summed E-state index contributed by atoms with van der Waals surface area (Å²) in [6.07, 6.45) is 21.2. The van der Waals surface area contributed by atoms with Crippen LogP contribution in [-0.4, -0.2) is 43.8 Å². The Labute approximate surface area is 415 Å². The summed E-state index contributed by atoms with van der Waals surface area (Å²) >= 11 is 0. The fourth-order valence-corrected chi connectivity index (χ4v) is 7.95. The van der Waals surface area contributed by atoms with Crippen molar-refractivity contribution in [1.29, 1.82) is 0 Å². The van der Waals surface area contributed by atoms with Crippen LogP contribution in [-0.2, 0) is 58.9 Å². The number of benzene rings is 4. The van der Waals surface area contributed by atoms with E-state index in [2.05, 4.69) is 77.9 Å². The standard InChI is InChI=1S/C36H56N2.2C10H12O4.Pd/c1-7-13-15-16-22-36(38-34-26-24-30(18-10-4)32(28-34)20-12-6)35(21-14-8-2)37-33-25-23-29(17-9-3)31(27-33)19-11-5;2*1-2-3-6-4-5-7(11)9(12)8(6)10(13)14;/h23-28H,7-22H2,1-6H3;2*4-5,11-12H,2-3H2,1H3,(H,13,14);/q;;;+2/p-2. The van der Waals surface area contributed by atoms with Crippen molar-refractivity contribution in [3.63, 3.8) is 0 Å². The van der Waals surface area contributed by atoms with Crippen LogP contribution in [0, 0.1) is 0 Å². The molecule has 0 aliphatic heterocycles. The molecule has 0 amide bonds. The van der Waals surface area contributed by atoms with Crippen LogP contribution in [0.15, 0.2) is 70.6 Å². The summed E-state index contributed by atoms with van der Waals surface area (Å²) in [5.74, 6) is -5.05. The summed E-state index contributed by atoms with van der Waals surface area (Å²) in [4.78, 5) is 32.0. The van der Waals surface area contributed by atoms with Crippen molar-refractivity contribution in [2.45, 2.75) is 184 Å². The number of hydrogen-bond acceptors (Lipinski definition) is 10. The maximum atomic E-state index is 10.7. The number of carboxylic acids is 2. The minimum atomic E-state index is -1.47. The van der Waals surface area contributed by atoms with Crippen LogP contribution in [0.5, 0.6) is 23.0 Å². The summed E-state index contributed by atoms with van der Waals surface area (Å²) < 4.78 is 0. The van der Waals surface area contributed by atoms with Gasteiger partial charge in [0.25, 0.3) is 0 Å². The molecule has 0 bridgehead atoms. The van der Waals surface area contributed by atoms with Gasteiger partial charge in [-0.3, -0.25) is 9.98 Å². The Morgan fingerprint density at radius 1 is 0.418 bits per heavy atom. The summed E-state index contributed by atoms with van der Waals surface area (Å²) in [7, 11) is 0. The number of hydrogen-bond donors (Lipinski definition) is 4. The number of aromatic carboxylic acids is 2. The third-order valence-electron chi connectivity index (χ3n) is 11.3. The van der Waals surface area contributed by atoms with Gasteiger partial charge in [-0.2, -0.15) is 0 Å². The van der Waals surface area contributed by atoms with E-state index in [1.54, 1.807) is 0 Å². The van der Waals surface area contributed by atoms with Crippen molar-refractivity contribution >= 4 is 34.7 Å². The molecule has 11 heteroatoms. The van der Waals surface area contributed by atoms with Crippen molar-refractivity contribution in [3.05, 3.63) is 105 Å². The van der Waals surface area contributed by atoms with Crippen LogP contribution in [0.4, 0.5) is 11.4 Å². The molecule has 370 valence electrons. The van der Waals surface area contributed by atoms with E-state index in [9.17, 15) is 30.0 Å². The minimum absolute atomic E-state index is 0. The zero-order chi connectivity index (χ0) is 49.0. The molecule has 67 heavy (non-hydrogen) atoms. The average molecular weight is 1010 g/mol. The zero-order valence-electron chi connectivity index (χ0n) is 41.5. The van der Waals surface area contributed by atoms with Gasteiger partial charge in [0.2, 0.25) is 0 Å². The first-order valence-corrected chi connectivity index (χ1v) is 24.6. The normalized spacial score (nSPS) is 11.2. The summed E-state index contributed by atoms with van der Waals surface area (Å²) in [5.41, 5.74) is 10.9. The topological polar surface area (TPSA) is 186 Å². The minimum Gasteiger partial charge on any atom is -0.545 e. The predicted molar refractivity (Wildman–Crippen MR) is 268 cm³/mol. The Morgan fingerprint density at radius 2 is 0.746 bits per heavy atom. The molecule has 0 saturated carbocycles. The molecule has 0 aliphatic rings. The van der Waals surface area contributed by atoms with E-state index in [-0.39, 0.29) is 31.5 Å². The number of phenols is 4. The molecule has 0 saturated heterocycles. The quantitative estimate of drug-likeness (QED) is 0.0219. The van der Waals surface area contributed by atoms with Gasteiger partial charge < -0.3 is 40.2 Å². The maximum absolute atomic E-state index is 10.7. The molecular formula is C56H78N2O8Pd. The molecular weight excluding hydrogens is 935 g/mol. The smallest absolute Gasteiger partial charge is 0.545 e. The Morgan fingerprint density at radius 3 is 1.09 bits per heavy atom. The van der Waals surface area contributed by atoms with Gasteiger partial charge in [-0.25, -0.2) is 0 Å². The van der Waals surface area contributed by atoms with E-state index in [4.69, 9.17) is 20.2 Å². The predicted octanol–water partition coefficient (Wildman–Crippen LogP) is 12.3. The first kappa shape index (κ1) is 60.0. The van der Waals surface area contributed by atoms with Gasteiger partial charge in [0, 0.05) is 11.1 Å². The molecule has 0 radical (unpaired) electrons. The number of aromatic hydroxyl groups is 4. The third kappa shape index (κ3) is 20.0. The molecule has 0 fully saturated rings. The van der Waals surface area contributed by atoms with E-state index >= 15 is 0 Å². The second-order valence-electron chi connectivity index (χ2n) is 16.9. The van der Waals surface area contributed by atoms with Crippen molar-refractivity contribution in [3.8, 4) is 23.0 Å². The number of unbranched alkanes of at least 4 members (excludes halogenated alkanes) is 4. The number of carbonyl (C=O) groups excluding carboxylic acids is 2. The second-order valence-corrected chi connectivity index (χ2v) is 16.9. The Balaban J connectivity index is 0.000000627. The van der Waals surface area contributed by atoms with Crippen LogP contribution < -0.4 is 10.2 Å². The summed E-state index contributed by atoms with van der Waals surface area (Å²) in [5, 5.41) is 58.2. The molecule has 4 rings (SSSR count). The maximum Gasteiger partial charge on any atom is 2.00 e. The Bertz CT molecular complexity index is 2110. The van der Waals surface area contributed by atoms with Crippen LogP contribution in [0.25, 0.3) is 0 Å². The van der Waals surface area contributed by atoms with E-state index in [1.165, 1.54) is 116 Å². The molecule has 0 aliphatic carbocycles. The number of aliphatic imine (C=N–C) groups is 2.